The Morgan fingerprint density at radius 1 is 1.05 bits per heavy atom. The number of phenolic OH excluding ortho intramolecular Hbond substituents is 1. The fraction of sp³-hybridized carbons (Fsp3) is 0.512. The van der Waals surface area contributed by atoms with Gasteiger partial charge >= 0.3 is 11.9 Å². The summed E-state index contributed by atoms with van der Waals surface area (Å²) in [5.41, 5.74) is 5.16. The number of esters is 2. The molecule has 1 spiro atoms. The predicted molar refractivity (Wildman–Crippen MR) is 212 cm³/mol. The van der Waals surface area contributed by atoms with Crippen molar-refractivity contribution in [2.75, 3.05) is 47.0 Å². The third kappa shape index (κ3) is 5.48. The molecule has 1 unspecified atom stereocenters. The number of nitriles is 1. The second-order valence-corrected chi connectivity index (χ2v) is 17.4. The standard InChI is InChI=1S/C43H48N4O10S/c1-19(2)56-40-31-24(11-20(3)36(40)52-8)12-26-27(15-44)47-28-16-53-42(50)43(25-14-30(51-7)29(49)13-23(25)9-10-45-43)17-58-41(35(47)34(31)46(26)6)33-32(28)39-38(54-18-55-39)21(4)37(33)57-22(5)48/h11,13-14,19,26-28,34-35,41,45,49H,9-10,12,16-18H2,1-8H3/t26-,27+,28+,34+,35?,41-,43-/m1/s1. The number of hydrogen-bond acceptors (Lipinski definition) is 15. The van der Waals surface area contributed by atoms with Gasteiger partial charge in [0.25, 0.3) is 0 Å². The molecule has 0 saturated carbocycles. The number of fused-ring (bicyclic) bond motifs is 9. The Kier molecular flexibility index (Phi) is 9.42. The third-order valence-electron chi connectivity index (χ3n) is 12.8. The van der Waals surface area contributed by atoms with Crippen LogP contribution in [0.3, 0.4) is 0 Å². The number of nitrogens with zero attached hydrogens (tertiary/aromatic N) is 3. The fourth-order valence-electron chi connectivity index (χ4n) is 10.5. The Labute approximate surface area is 341 Å². The number of carbonyl (C=O) groups excluding carboxylic acids is 2. The first kappa shape index (κ1) is 38.6. The van der Waals surface area contributed by atoms with Crippen molar-refractivity contribution in [2.24, 2.45) is 0 Å². The lowest BCUT2D eigenvalue weighted by atomic mass is 9.71. The van der Waals surface area contributed by atoms with Crippen molar-refractivity contribution >= 4 is 23.7 Å². The molecule has 15 heteroatoms. The smallest absolute Gasteiger partial charge is 0.331 e. The quantitative estimate of drug-likeness (QED) is 0.260. The Hall–Kier alpha value is -4.88. The minimum Gasteiger partial charge on any atom is -0.504 e. The molecule has 4 bridgehead atoms. The summed E-state index contributed by atoms with van der Waals surface area (Å²) >= 11 is 1.53. The van der Waals surface area contributed by atoms with E-state index in [0.717, 1.165) is 27.8 Å². The molecule has 0 radical (unpaired) electrons. The van der Waals surface area contributed by atoms with Crippen LogP contribution in [0, 0.1) is 25.2 Å². The van der Waals surface area contributed by atoms with Gasteiger partial charge in [-0.25, -0.2) is 4.79 Å². The lowest BCUT2D eigenvalue weighted by Crippen LogP contribution is -2.69. The molecule has 14 nitrogen and oxygen atoms in total. The summed E-state index contributed by atoms with van der Waals surface area (Å²) in [5, 5.41) is 25.1. The van der Waals surface area contributed by atoms with E-state index in [1.54, 1.807) is 19.2 Å². The van der Waals surface area contributed by atoms with Crippen molar-refractivity contribution in [3.63, 3.8) is 0 Å². The predicted octanol–water partition coefficient (Wildman–Crippen LogP) is 5.07. The molecule has 0 amide bonds. The number of ether oxygens (including phenoxy) is 7. The molecule has 7 atom stereocenters. The number of aryl methyl sites for hydroxylation is 1. The van der Waals surface area contributed by atoms with Crippen molar-refractivity contribution in [1.29, 1.82) is 5.26 Å². The normalized spacial score (nSPS) is 28.1. The monoisotopic (exact) mass is 812 g/mol. The summed E-state index contributed by atoms with van der Waals surface area (Å²) in [7, 11) is 5.20. The SMILES string of the molecule is COc1cc2c(cc1O)CCN[C@]21CS[C@@H]2c3c(OC(C)=O)c(C)c4c(c3[C@H](COC1=O)N1C2[C@@H]2c3c(cc(C)c(OC)c3OC(C)C)C[C@H]([C@@H]1C#N)N2C)OCO4. The van der Waals surface area contributed by atoms with E-state index in [0.29, 0.717) is 64.8 Å². The number of aromatic hydroxyl groups is 1. The van der Waals surface area contributed by atoms with Crippen molar-refractivity contribution < 1.29 is 47.9 Å². The molecule has 2 saturated heterocycles. The van der Waals surface area contributed by atoms with Gasteiger partial charge in [-0.2, -0.15) is 5.26 Å². The summed E-state index contributed by atoms with van der Waals surface area (Å²) < 4.78 is 43.4. The fourth-order valence-corrected chi connectivity index (χ4v) is 12.2. The first-order chi connectivity index (χ1) is 27.8. The molecule has 2 fully saturated rings. The minimum atomic E-state index is -1.34. The number of hydrogen-bond donors (Lipinski definition) is 2. The van der Waals surface area contributed by atoms with E-state index in [9.17, 15) is 20.0 Å². The zero-order chi connectivity index (χ0) is 40.9. The number of benzene rings is 3. The van der Waals surface area contributed by atoms with Crippen LogP contribution in [0.1, 0.15) is 82.6 Å². The van der Waals surface area contributed by atoms with Crippen molar-refractivity contribution in [1.82, 2.24) is 15.1 Å². The van der Waals surface area contributed by atoms with Crippen LogP contribution in [-0.4, -0.2) is 98.0 Å². The molecule has 3 aromatic rings. The molecule has 306 valence electrons. The molecular weight excluding hydrogens is 765 g/mol. The minimum absolute atomic E-state index is 0.0104. The lowest BCUT2D eigenvalue weighted by Gasteiger charge is -2.62. The number of methoxy groups -OCH3 is 2. The van der Waals surface area contributed by atoms with Crippen molar-refractivity contribution in [3.8, 4) is 46.3 Å². The summed E-state index contributed by atoms with van der Waals surface area (Å²) in [6.45, 7) is 9.51. The molecule has 7 aliphatic rings. The Morgan fingerprint density at radius 3 is 2.53 bits per heavy atom. The van der Waals surface area contributed by atoms with Crippen LogP contribution in [0.5, 0.6) is 40.2 Å². The first-order valence-corrected chi connectivity index (χ1v) is 20.7. The highest BCUT2D eigenvalue weighted by Crippen LogP contribution is 2.65. The number of nitrogens with one attached hydrogen (secondary N) is 1. The third-order valence-corrected chi connectivity index (χ3v) is 14.2. The van der Waals surface area contributed by atoms with E-state index in [1.807, 2.05) is 27.7 Å². The number of phenols is 1. The second kappa shape index (κ2) is 14.1. The molecule has 7 heterocycles. The van der Waals surface area contributed by atoms with Gasteiger partial charge in [0.15, 0.2) is 40.0 Å². The average Bonchev–Trinajstić information content (AvgIpc) is 3.68. The Balaban J connectivity index is 1.34. The molecule has 10 rings (SSSR count). The van der Waals surface area contributed by atoms with E-state index >= 15 is 0 Å². The van der Waals surface area contributed by atoms with Gasteiger partial charge in [0, 0.05) is 53.6 Å². The zero-order valence-corrected chi connectivity index (χ0v) is 34.7. The maximum atomic E-state index is 14.9. The summed E-state index contributed by atoms with van der Waals surface area (Å²) in [6.07, 6.45) is 0.977. The largest absolute Gasteiger partial charge is 0.504 e. The summed E-state index contributed by atoms with van der Waals surface area (Å²) in [6, 6.07) is 5.81. The van der Waals surface area contributed by atoms with Gasteiger partial charge in [0.2, 0.25) is 6.79 Å². The Bertz CT molecular complexity index is 2290. The average molecular weight is 813 g/mol. The van der Waals surface area contributed by atoms with Crippen LogP contribution < -0.4 is 33.7 Å². The summed E-state index contributed by atoms with van der Waals surface area (Å²) in [4.78, 5) is 32.5. The van der Waals surface area contributed by atoms with Gasteiger partial charge in [-0.3, -0.25) is 19.9 Å². The van der Waals surface area contributed by atoms with Gasteiger partial charge in [-0.1, -0.05) is 6.07 Å². The van der Waals surface area contributed by atoms with Crippen LogP contribution in [0.25, 0.3) is 0 Å². The van der Waals surface area contributed by atoms with Crippen molar-refractivity contribution in [3.05, 3.63) is 62.7 Å². The van der Waals surface area contributed by atoms with Crippen LogP contribution in [0.2, 0.25) is 0 Å². The van der Waals surface area contributed by atoms with Gasteiger partial charge in [0.05, 0.1) is 43.7 Å². The van der Waals surface area contributed by atoms with Crippen molar-refractivity contribution in [2.45, 2.75) is 94.6 Å². The van der Waals surface area contributed by atoms with E-state index < -0.39 is 40.9 Å². The summed E-state index contributed by atoms with van der Waals surface area (Å²) in [5.74, 6) is 2.06. The highest BCUT2D eigenvalue weighted by molar-refractivity contribution is 7.99. The molecular formula is C43H48N4O10S. The molecule has 58 heavy (non-hydrogen) atoms. The van der Waals surface area contributed by atoms with E-state index in [-0.39, 0.29) is 48.8 Å². The number of thioether (sulfide) groups is 1. The van der Waals surface area contributed by atoms with E-state index in [1.165, 1.54) is 25.8 Å². The molecule has 3 aromatic carbocycles. The zero-order valence-electron chi connectivity index (χ0n) is 33.9. The molecule has 0 aromatic heterocycles. The first-order valence-electron chi connectivity index (χ1n) is 19.7. The van der Waals surface area contributed by atoms with E-state index in [4.69, 9.17) is 33.2 Å². The Morgan fingerprint density at radius 2 is 1.83 bits per heavy atom. The van der Waals surface area contributed by atoms with Gasteiger partial charge in [-0.15, -0.1) is 11.8 Å². The molecule has 0 aliphatic carbocycles. The number of likely N-dealkylation sites (N-methyl/N-ethyl adjacent to an activating group) is 1. The number of rotatable bonds is 5. The van der Waals surface area contributed by atoms with Gasteiger partial charge in [0.1, 0.15) is 18.4 Å². The molecule has 7 aliphatic heterocycles. The second-order valence-electron chi connectivity index (χ2n) is 16.2. The van der Waals surface area contributed by atoms with Crippen LogP contribution in [0.4, 0.5) is 0 Å². The van der Waals surface area contributed by atoms with Crippen LogP contribution >= 0.6 is 11.8 Å². The number of carbonyl (C=O) groups is 2. The maximum Gasteiger partial charge on any atom is 0.331 e. The van der Waals surface area contributed by atoms with Gasteiger partial charge < -0.3 is 38.3 Å². The topological polar surface area (TPSA) is 161 Å². The molecule has 2 N–H and O–H groups in total. The maximum absolute atomic E-state index is 14.9. The highest BCUT2D eigenvalue weighted by Gasteiger charge is 2.62. The highest BCUT2D eigenvalue weighted by atomic mass is 32.2. The van der Waals surface area contributed by atoms with Crippen LogP contribution in [0.15, 0.2) is 18.2 Å². The van der Waals surface area contributed by atoms with E-state index in [2.05, 4.69) is 34.3 Å². The number of piperazine rings is 1. The van der Waals surface area contributed by atoms with Gasteiger partial charge in [-0.05, 0) is 82.0 Å². The van der Waals surface area contributed by atoms with Crippen LogP contribution in [-0.2, 0) is 32.7 Å². The lowest BCUT2D eigenvalue weighted by molar-refractivity contribution is -0.157.